The van der Waals surface area contributed by atoms with Crippen LogP contribution in [0.4, 0.5) is 4.79 Å². The van der Waals surface area contributed by atoms with E-state index in [0.717, 1.165) is 0 Å². The summed E-state index contributed by atoms with van der Waals surface area (Å²) < 4.78 is 5.05. The molecule has 6 heteroatoms. The Morgan fingerprint density at radius 2 is 2.00 bits per heavy atom. The van der Waals surface area contributed by atoms with E-state index in [1.54, 1.807) is 39.0 Å². The Hall–Kier alpha value is -2.24. The highest BCUT2D eigenvalue weighted by Gasteiger charge is 2.21. The van der Waals surface area contributed by atoms with Crippen molar-refractivity contribution in [2.24, 2.45) is 4.99 Å². The SMILES string of the molecule is CN=C(NC(=O)OC(C)(C)C)C(=O)c1ccccn1. The molecule has 6 nitrogen and oxygen atoms in total. The molecule has 0 atom stereocenters. The Morgan fingerprint density at radius 1 is 1.32 bits per heavy atom. The van der Waals surface area contributed by atoms with Gasteiger partial charge >= 0.3 is 6.09 Å². The number of Topliss-reactive ketones (excluding diaryl/α,β-unsaturated/α-hetero) is 1. The largest absolute Gasteiger partial charge is 0.444 e. The lowest BCUT2D eigenvalue weighted by molar-refractivity contribution is 0.0559. The molecule has 0 unspecified atom stereocenters. The monoisotopic (exact) mass is 263 g/mol. The second kappa shape index (κ2) is 6.08. The lowest BCUT2D eigenvalue weighted by atomic mass is 10.2. The third kappa shape index (κ3) is 4.87. The van der Waals surface area contributed by atoms with Crippen molar-refractivity contribution in [3.63, 3.8) is 0 Å². The summed E-state index contributed by atoms with van der Waals surface area (Å²) in [6.07, 6.45) is 0.769. The van der Waals surface area contributed by atoms with Crippen LogP contribution in [-0.2, 0) is 4.74 Å². The number of pyridine rings is 1. The van der Waals surface area contributed by atoms with Crippen molar-refractivity contribution < 1.29 is 14.3 Å². The van der Waals surface area contributed by atoms with Crippen molar-refractivity contribution in [2.45, 2.75) is 26.4 Å². The standard InChI is InChI=1S/C13H17N3O3/c1-13(2,3)19-12(18)16-11(14-4)10(17)9-7-5-6-8-15-9/h5-8H,1-4H3,(H,14,16,18). The number of aliphatic imine (C=N–C) groups is 1. The Labute approximate surface area is 111 Å². The molecule has 0 bridgehead atoms. The van der Waals surface area contributed by atoms with E-state index in [1.807, 2.05) is 0 Å². The van der Waals surface area contributed by atoms with Gasteiger partial charge in [-0.15, -0.1) is 0 Å². The fraction of sp³-hybridized carbons (Fsp3) is 0.385. The fourth-order valence-corrected chi connectivity index (χ4v) is 1.23. The van der Waals surface area contributed by atoms with Crippen molar-refractivity contribution >= 4 is 17.7 Å². The summed E-state index contributed by atoms with van der Waals surface area (Å²) in [6, 6.07) is 4.92. The quantitative estimate of drug-likeness (QED) is 0.501. The molecular weight excluding hydrogens is 246 g/mol. The van der Waals surface area contributed by atoms with Gasteiger partial charge in [-0.1, -0.05) is 6.07 Å². The summed E-state index contributed by atoms with van der Waals surface area (Å²) in [5, 5.41) is 2.32. The highest BCUT2D eigenvalue weighted by Crippen LogP contribution is 2.06. The van der Waals surface area contributed by atoms with E-state index < -0.39 is 17.5 Å². The molecule has 1 aromatic rings. The summed E-state index contributed by atoms with van der Waals surface area (Å²) in [4.78, 5) is 31.2. The maximum atomic E-state index is 12.0. The zero-order valence-corrected chi connectivity index (χ0v) is 11.4. The predicted molar refractivity (Wildman–Crippen MR) is 71.3 cm³/mol. The molecule has 0 aromatic carbocycles. The fourth-order valence-electron chi connectivity index (χ4n) is 1.23. The third-order valence-corrected chi connectivity index (χ3v) is 1.96. The van der Waals surface area contributed by atoms with Gasteiger partial charge in [-0.05, 0) is 32.9 Å². The lowest BCUT2D eigenvalue weighted by Gasteiger charge is -2.19. The molecule has 0 radical (unpaired) electrons. The number of ketones is 1. The van der Waals surface area contributed by atoms with Gasteiger partial charge in [-0.3, -0.25) is 20.1 Å². The Balaban J connectivity index is 2.76. The van der Waals surface area contributed by atoms with Crippen molar-refractivity contribution in [2.75, 3.05) is 7.05 Å². The van der Waals surface area contributed by atoms with E-state index in [0.29, 0.717) is 0 Å². The van der Waals surface area contributed by atoms with Crippen LogP contribution in [0.25, 0.3) is 0 Å². The van der Waals surface area contributed by atoms with Crippen LogP contribution in [0.2, 0.25) is 0 Å². The van der Waals surface area contributed by atoms with E-state index in [1.165, 1.54) is 13.2 Å². The van der Waals surface area contributed by atoms with Gasteiger partial charge in [0.25, 0.3) is 0 Å². The first-order chi connectivity index (χ1) is 8.83. The third-order valence-electron chi connectivity index (χ3n) is 1.96. The Bertz CT molecular complexity index is 490. The molecule has 0 aliphatic rings. The number of amidine groups is 1. The summed E-state index contributed by atoms with van der Waals surface area (Å²) in [7, 11) is 1.41. The van der Waals surface area contributed by atoms with E-state index in [9.17, 15) is 9.59 Å². The molecular formula is C13H17N3O3. The van der Waals surface area contributed by atoms with Crippen LogP contribution in [-0.4, -0.2) is 35.3 Å². The second-order valence-corrected chi connectivity index (χ2v) is 4.74. The van der Waals surface area contributed by atoms with Crippen LogP contribution in [0.1, 0.15) is 31.3 Å². The van der Waals surface area contributed by atoms with Crippen LogP contribution in [0, 0.1) is 0 Å². The van der Waals surface area contributed by atoms with Crippen LogP contribution >= 0.6 is 0 Å². The average Bonchev–Trinajstić information content (AvgIpc) is 2.34. The number of hydrogen-bond acceptors (Lipinski definition) is 5. The smallest absolute Gasteiger partial charge is 0.413 e. The normalized spacial score (nSPS) is 11.9. The molecule has 1 rings (SSSR count). The number of alkyl carbamates (subject to hydrolysis) is 1. The summed E-state index contributed by atoms with van der Waals surface area (Å²) in [5.74, 6) is -0.568. The molecule has 0 spiro atoms. The molecule has 0 aliphatic heterocycles. The van der Waals surface area contributed by atoms with E-state index >= 15 is 0 Å². The van der Waals surface area contributed by atoms with Crippen LogP contribution in [0.15, 0.2) is 29.4 Å². The molecule has 1 amide bonds. The first kappa shape index (κ1) is 14.8. The minimum atomic E-state index is -0.725. The average molecular weight is 263 g/mol. The number of amides is 1. The van der Waals surface area contributed by atoms with Crippen LogP contribution in [0.5, 0.6) is 0 Å². The van der Waals surface area contributed by atoms with Crippen molar-refractivity contribution in [1.82, 2.24) is 10.3 Å². The van der Waals surface area contributed by atoms with Gasteiger partial charge in [-0.2, -0.15) is 0 Å². The zero-order chi connectivity index (χ0) is 14.5. The lowest BCUT2D eigenvalue weighted by Crippen LogP contribution is -2.40. The first-order valence-corrected chi connectivity index (χ1v) is 5.76. The molecule has 19 heavy (non-hydrogen) atoms. The van der Waals surface area contributed by atoms with Crippen molar-refractivity contribution in [3.05, 3.63) is 30.1 Å². The van der Waals surface area contributed by atoms with Gasteiger partial charge in [-0.25, -0.2) is 4.79 Å². The van der Waals surface area contributed by atoms with Crippen LogP contribution < -0.4 is 5.32 Å². The zero-order valence-electron chi connectivity index (χ0n) is 11.4. The molecule has 102 valence electrons. The van der Waals surface area contributed by atoms with E-state index in [2.05, 4.69) is 15.3 Å². The highest BCUT2D eigenvalue weighted by atomic mass is 16.6. The number of ether oxygens (including phenoxy) is 1. The first-order valence-electron chi connectivity index (χ1n) is 5.76. The highest BCUT2D eigenvalue weighted by molar-refractivity contribution is 6.46. The number of nitrogens with zero attached hydrogens (tertiary/aromatic N) is 2. The number of hydrogen-bond donors (Lipinski definition) is 1. The maximum absolute atomic E-state index is 12.0. The number of carbonyl (C=O) groups is 2. The predicted octanol–water partition coefficient (Wildman–Crippen LogP) is 1.82. The topological polar surface area (TPSA) is 80.6 Å². The van der Waals surface area contributed by atoms with Gasteiger partial charge in [0.1, 0.15) is 11.3 Å². The van der Waals surface area contributed by atoms with Crippen molar-refractivity contribution in [1.29, 1.82) is 0 Å². The van der Waals surface area contributed by atoms with Gasteiger partial charge in [0, 0.05) is 13.2 Å². The van der Waals surface area contributed by atoms with Gasteiger partial charge in [0.2, 0.25) is 5.78 Å². The van der Waals surface area contributed by atoms with E-state index in [-0.39, 0.29) is 11.5 Å². The van der Waals surface area contributed by atoms with Gasteiger partial charge in [0.15, 0.2) is 5.84 Å². The number of nitrogens with one attached hydrogen (secondary N) is 1. The minimum Gasteiger partial charge on any atom is -0.444 e. The molecule has 0 aliphatic carbocycles. The summed E-state index contributed by atoms with van der Waals surface area (Å²) in [5.41, 5.74) is -0.434. The van der Waals surface area contributed by atoms with Gasteiger partial charge < -0.3 is 4.74 Å². The number of aromatic nitrogens is 1. The number of rotatable bonds is 2. The minimum absolute atomic E-state index is 0.104. The second-order valence-electron chi connectivity index (χ2n) is 4.74. The molecule has 0 saturated heterocycles. The molecule has 0 saturated carbocycles. The molecule has 1 heterocycles. The van der Waals surface area contributed by atoms with Crippen molar-refractivity contribution in [3.8, 4) is 0 Å². The molecule has 0 fully saturated rings. The Morgan fingerprint density at radius 3 is 2.47 bits per heavy atom. The molecule has 1 aromatic heterocycles. The Kier molecular flexibility index (Phi) is 4.74. The van der Waals surface area contributed by atoms with Gasteiger partial charge in [0.05, 0.1) is 0 Å². The summed E-state index contributed by atoms with van der Waals surface area (Å²) in [6.45, 7) is 5.20. The van der Waals surface area contributed by atoms with Crippen LogP contribution in [0.3, 0.4) is 0 Å². The number of carbonyl (C=O) groups excluding carboxylic acids is 2. The maximum Gasteiger partial charge on any atom is 0.413 e. The molecule has 1 N–H and O–H groups in total. The summed E-state index contributed by atoms with van der Waals surface area (Å²) >= 11 is 0. The van der Waals surface area contributed by atoms with E-state index in [4.69, 9.17) is 4.74 Å².